The maximum absolute atomic E-state index is 13.6. The Morgan fingerprint density at radius 2 is 1.19 bits per heavy atom. The van der Waals surface area contributed by atoms with E-state index in [2.05, 4.69) is 59.2 Å². The molecule has 3 aromatic carbocycles. The second-order valence-electron chi connectivity index (χ2n) is 10.5. The largest absolute Gasteiger partial charge is 0.349 e. The van der Waals surface area contributed by atoms with Crippen molar-refractivity contribution >= 4 is 22.3 Å². The molecule has 0 amide bonds. The molecular formula is C33H38N2O2. The third-order valence-electron chi connectivity index (χ3n) is 7.81. The Balaban J connectivity index is 1.29. The van der Waals surface area contributed by atoms with Crippen molar-refractivity contribution in [2.24, 2.45) is 0 Å². The highest BCUT2D eigenvalue weighted by atomic mass is 16.1. The van der Waals surface area contributed by atoms with Gasteiger partial charge in [0.15, 0.2) is 0 Å². The fraction of sp³-hybridized carbons (Fsp3) is 0.394. The lowest BCUT2D eigenvalue weighted by atomic mass is 9.90. The fourth-order valence-electron chi connectivity index (χ4n) is 5.74. The summed E-state index contributed by atoms with van der Waals surface area (Å²) in [4.78, 5) is 31.5. The minimum atomic E-state index is -0.0119. The summed E-state index contributed by atoms with van der Waals surface area (Å²) in [5, 5.41) is 2.47. The number of carbonyl (C=O) groups excluding carboxylic acids is 2. The molecule has 4 heteroatoms. The van der Waals surface area contributed by atoms with Crippen molar-refractivity contribution in [1.82, 2.24) is 9.80 Å². The van der Waals surface area contributed by atoms with E-state index < -0.39 is 0 Å². The van der Waals surface area contributed by atoms with E-state index in [4.69, 9.17) is 0 Å². The number of hydrogen-bond donors (Lipinski definition) is 0. The Bertz CT molecular complexity index is 1310. The van der Waals surface area contributed by atoms with Crippen molar-refractivity contribution in [3.8, 4) is 0 Å². The first-order valence-electron chi connectivity index (χ1n) is 14.1. The fourth-order valence-corrected chi connectivity index (χ4v) is 5.74. The summed E-state index contributed by atoms with van der Waals surface area (Å²) in [5.74, 6) is -0.0138. The van der Waals surface area contributed by atoms with Gasteiger partial charge in [-0.1, -0.05) is 119 Å². The van der Waals surface area contributed by atoms with E-state index in [-0.39, 0.29) is 11.6 Å². The van der Waals surface area contributed by atoms with Crippen LogP contribution in [0.25, 0.3) is 10.8 Å². The highest BCUT2D eigenvalue weighted by molar-refractivity contribution is 6.26. The van der Waals surface area contributed by atoms with Gasteiger partial charge in [-0.25, -0.2) is 0 Å². The molecule has 1 heterocycles. The smallest absolute Gasteiger partial charge is 0.212 e. The van der Waals surface area contributed by atoms with Crippen molar-refractivity contribution in [3.05, 3.63) is 94.8 Å². The minimum Gasteiger partial charge on any atom is -0.349 e. The first kappa shape index (κ1) is 25.3. The van der Waals surface area contributed by atoms with Gasteiger partial charge in [0.05, 0.1) is 6.67 Å². The van der Waals surface area contributed by atoms with Gasteiger partial charge in [0.1, 0.15) is 11.4 Å². The van der Waals surface area contributed by atoms with Crippen LogP contribution in [0, 0.1) is 0 Å². The molecule has 0 unspecified atom stereocenters. The van der Waals surface area contributed by atoms with E-state index in [1.165, 1.54) is 61.3 Å². The molecule has 0 saturated heterocycles. The molecule has 1 aliphatic carbocycles. The SMILES string of the molecule is CCCCCCCCCCN1CN(CCc2ccc3ccccc3c2)C2=C1C(=O)c1ccccc1C2=O. The molecule has 2 aliphatic rings. The first-order chi connectivity index (χ1) is 18.2. The Kier molecular flexibility index (Phi) is 8.03. The summed E-state index contributed by atoms with van der Waals surface area (Å²) >= 11 is 0. The lowest BCUT2D eigenvalue weighted by molar-refractivity contribution is 0.0950. The predicted octanol–water partition coefficient (Wildman–Crippen LogP) is 7.39. The van der Waals surface area contributed by atoms with E-state index >= 15 is 0 Å². The first-order valence-corrected chi connectivity index (χ1v) is 14.1. The number of ketones is 2. The number of Topliss-reactive ketones (excluding diaryl/α,β-unsaturated/α-hetero) is 2. The molecule has 0 bridgehead atoms. The van der Waals surface area contributed by atoms with Crippen LogP contribution in [0.3, 0.4) is 0 Å². The molecule has 0 saturated carbocycles. The van der Waals surface area contributed by atoms with Gasteiger partial charge < -0.3 is 9.80 Å². The van der Waals surface area contributed by atoms with Gasteiger partial charge in [-0.3, -0.25) is 9.59 Å². The number of rotatable bonds is 12. The van der Waals surface area contributed by atoms with Gasteiger partial charge in [0.2, 0.25) is 11.6 Å². The molecule has 1 aliphatic heterocycles. The van der Waals surface area contributed by atoms with Gasteiger partial charge >= 0.3 is 0 Å². The maximum Gasteiger partial charge on any atom is 0.212 e. The van der Waals surface area contributed by atoms with Crippen molar-refractivity contribution in [1.29, 1.82) is 0 Å². The zero-order valence-corrected chi connectivity index (χ0v) is 22.0. The van der Waals surface area contributed by atoms with E-state index in [9.17, 15) is 9.59 Å². The lowest BCUT2D eigenvalue weighted by Crippen LogP contribution is -2.31. The van der Waals surface area contributed by atoms with Gasteiger partial charge in [-0.05, 0) is 29.2 Å². The number of fused-ring (bicyclic) bond motifs is 2. The van der Waals surface area contributed by atoms with Crippen molar-refractivity contribution in [2.75, 3.05) is 19.8 Å². The van der Waals surface area contributed by atoms with Crippen LogP contribution in [-0.4, -0.2) is 41.1 Å². The molecule has 0 radical (unpaired) electrons. The van der Waals surface area contributed by atoms with E-state index in [0.717, 1.165) is 19.4 Å². The normalized spacial score (nSPS) is 15.1. The third kappa shape index (κ3) is 5.49. The summed E-state index contributed by atoms with van der Waals surface area (Å²) in [6.45, 7) is 4.40. The average Bonchev–Trinajstić information content (AvgIpc) is 3.30. The zero-order chi connectivity index (χ0) is 25.6. The molecule has 5 rings (SSSR count). The van der Waals surface area contributed by atoms with Crippen molar-refractivity contribution in [3.63, 3.8) is 0 Å². The summed E-state index contributed by atoms with van der Waals surface area (Å²) in [7, 11) is 0. The molecule has 0 spiro atoms. The number of hydrogen-bond acceptors (Lipinski definition) is 4. The quantitative estimate of drug-likeness (QED) is 0.246. The summed E-state index contributed by atoms with van der Waals surface area (Å²) in [5.41, 5.74) is 3.55. The highest BCUT2D eigenvalue weighted by Gasteiger charge is 2.42. The molecule has 3 aromatic rings. The molecule has 4 nitrogen and oxygen atoms in total. The highest BCUT2D eigenvalue weighted by Crippen LogP contribution is 2.35. The monoisotopic (exact) mass is 494 g/mol. The number of carbonyl (C=O) groups is 2. The van der Waals surface area contributed by atoms with E-state index in [1.54, 1.807) is 12.1 Å². The third-order valence-corrected chi connectivity index (χ3v) is 7.81. The number of allylic oxidation sites excluding steroid dienone is 2. The van der Waals surface area contributed by atoms with Gasteiger partial charge in [-0.15, -0.1) is 0 Å². The molecule has 0 atom stereocenters. The van der Waals surface area contributed by atoms with E-state index in [0.29, 0.717) is 35.7 Å². The van der Waals surface area contributed by atoms with Crippen LogP contribution in [0.5, 0.6) is 0 Å². The average molecular weight is 495 g/mol. The Morgan fingerprint density at radius 3 is 1.86 bits per heavy atom. The molecule has 0 aromatic heterocycles. The van der Waals surface area contributed by atoms with Gasteiger partial charge in [0.25, 0.3) is 0 Å². The second-order valence-corrected chi connectivity index (χ2v) is 10.5. The van der Waals surface area contributed by atoms with Gasteiger partial charge in [0, 0.05) is 24.2 Å². The molecule has 37 heavy (non-hydrogen) atoms. The van der Waals surface area contributed by atoms with Crippen molar-refractivity contribution in [2.45, 2.75) is 64.7 Å². The van der Waals surface area contributed by atoms with Crippen LogP contribution in [-0.2, 0) is 6.42 Å². The van der Waals surface area contributed by atoms with Crippen LogP contribution in [0.1, 0.15) is 84.6 Å². The standard InChI is InChI=1S/C33H38N2O2/c1-2-3-4-5-6-7-8-13-21-34-24-35(22-20-25-18-19-26-14-9-10-15-27(26)23-25)31-30(34)32(36)28-16-11-12-17-29(28)33(31)37/h9-12,14-19,23H,2-8,13,20-22,24H2,1H3. The maximum atomic E-state index is 13.6. The predicted molar refractivity (Wildman–Crippen MR) is 151 cm³/mol. The van der Waals surface area contributed by atoms with Crippen LogP contribution in [0.15, 0.2) is 78.1 Å². The van der Waals surface area contributed by atoms with Crippen LogP contribution in [0.2, 0.25) is 0 Å². The number of nitrogens with zero attached hydrogens (tertiary/aromatic N) is 2. The number of unbranched alkanes of at least 4 members (excludes halogenated alkanes) is 7. The molecular weight excluding hydrogens is 456 g/mol. The second kappa shape index (κ2) is 11.8. The van der Waals surface area contributed by atoms with Crippen LogP contribution in [0.4, 0.5) is 0 Å². The minimum absolute atomic E-state index is 0.00188. The van der Waals surface area contributed by atoms with Crippen molar-refractivity contribution < 1.29 is 9.59 Å². The van der Waals surface area contributed by atoms with Crippen LogP contribution >= 0.6 is 0 Å². The Labute approximate surface area is 221 Å². The van der Waals surface area contributed by atoms with E-state index in [1.807, 2.05) is 12.1 Å². The van der Waals surface area contributed by atoms with Gasteiger partial charge in [-0.2, -0.15) is 0 Å². The summed E-state index contributed by atoms with van der Waals surface area (Å²) in [6, 6.07) is 22.3. The topological polar surface area (TPSA) is 40.6 Å². The summed E-state index contributed by atoms with van der Waals surface area (Å²) < 4.78 is 0. The zero-order valence-electron chi connectivity index (χ0n) is 22.0. The molecule has 0 N–H and O–H groups in total. The molecule has 0 fully saturated rings. The Hall–Kier alpha value is -3.40. The summed E-state index contributed by atoms with van der Waals surface area (Å²) in [6.07, 6.45) is 10.8. The number of benzene rings is 3. The molecule has 192 valence electrons. The Morgan fingerprint density at radius 1 is 0.622 bits per heavy atom. The lowest BCUT2D eigenvalue weighted by Gasteiger charge is -2.23. The van der Waals surface area contributed by atoms with Crippen LogP contribution < -0.4 is 0 Å².